The second-order valence-electron chi connectivity index (χ2n) is 5.52. The molecule has 5 nitrogen and oxygen atoms in total. The predicted octanol–water partition coefficient (Wildman–Crippen LogP) is 4.19. The number of benzene rings is 1. The molecule has 0 aliphatic rings. The maximum absolute atomic E-state index is 12.4. The first-order chi connectivity index (χ1) is 11.2. The van der Waals surface area contributed by atoms with Crippen molar-refractivity contribution in [2.45, 2.75) is 30.3 Å². The lowest BCUT2D eigenvalue weighted by molar-refractivity contribution is 0.0252. The van der Waals surface area contributed by atoms with E-state index in [0.717, 1.165) is 6.42 Å². The molecule has 0 spiro atoms. The molecule has 1 aromatic rings. The van der Waals surface area contributed by atoms with Crippen LogP contribution in [0.15, 0.2) is 18.2 Å². The molecule has 0 bridgehead atoms. The molecular formula is C16H22Cl3NO4. The number of halogens is 3. The maximum Gasteiger partial charge on any atom is 0.253 e. The van der Waals surface area contributed by atoms with Gasteiger partial charge in [-0.1, -0.05) is 48.7 Å². The van der Waals surface area contributed by atoms with Crippen molar-refractivity contribution in [3.05, 3.63) is 23.8 Å². The highest BCUT2D eigenvalue weighted by Gasteiger charge is 2.35. The SMILES string of the molecule is COc1ccc(C(=O)NC(OCCC(C)C)C(Cl)(Cl)Cl)cc1OC. The van der Waals surface area contributed by atoms with E-state index in [1.165, 1.54) is 20.3 Å². The van der Waals surface area contributed by atoms with Crippen molar-refractivity contribution in [1.82, 2.24) is 5.32 Å². The van der Waals surface area contributed by atoms with Gasteiger partial charge in [0, 0.05) is 12.2 Å². The largest absolute Gasteiger partial charge is 0.493 e. The fourth-order valence-electron chi connectivity index (χ4n) is 1.82. The number of hydrogen-bond donors (Lipinski definition) is 1. The molecule has 136 valence electrons. The molecule has 0 saturated carbocycles. The van der Waals surface area contributed by atoms with E-state index in [2.05, 4.69) is 19.2 Å². The van der Waals surface area contributed by atoms with Gasteiger partial charge in [0.05, 0.1) is 14.2 Å². The van der Waals surface area contributed by atoms with E-state index in [4.69, 9.17) is 49.0 Å². The molecule has 0 aliphatic carbocycles. The molecule has 24 heavy (non-hydrogen) atoms. The smallest absolute Gasteiger partial charge is 0.253 e. The second kappa shape index (κ2) is 9.56. The average molecular weight is 399 g/mol. The van der Waals surface area contributed by atoms with Gasteiger partial charge in [0.15, 0.2) is 17.7 Å². The van der Waals surface area contributed by atoms with E-state index in [1.807, 2.05) is 0 Å². The van der Waals surface area contributed by atoms with E-state index in [9.17, 15) is 4.79 Å². The summed E-state index contributed by atoms with van der Waals surface area (Å²) in [5.41, 5.74) is 0.333. The van der Waals surface area contributed by atoms with Gasteiger partial charge in [-0.15, -0.1) is 0 Å². The monoisotopic (exact) mass is 397 g/mol. The van der Waals surface area contributed by atoms with Crippen molar-refractivity contribution in [2.75, 3.05) is 20.8 Å². The Hall–Kier alpha value is -0.880. The molecule has 1 atom stereocenters. The molecule has 8 heteroatoms. The summed E-state index contributed by atoms with van der Waals surface area (Å²) < 4.78 is 14.1. The fraction of sp³-hybridized carbons (Fsp3) is 0.562. The van der Waals surface area contributed by atoms with E-state index < -0.39 is 15.9 Å². The molecule has 0 fully saturated rings. The highest BCUT2D eigenvalue weighted by Crippen LogP contribution is 2.32. The van der Waals surface area contributed by atoms with Crippen molar-refractivity contribution in [2.24, 2.45) is 5.92 Å². The number of rotatable bonds is 8. The number of carbonyl (C=O) groups is 1. The first-order valence-electron chi connectivity index (χ1n) is 7.40. The van der Waals surface area contributed by atoms with Gasteiger partial charge in [-0.3, -0.25) is 4.79 Å². The molecular weight excluding hydrogens is 377 g/mol. The normalized spacial score (nSPS) is 12.8. The quantitative estimate of drug-likeness (QED) is 0.527. The number of ether oxygens (including phenoxy) is 3. The van der Waals surface area contributed by atoms with Crippen LogP contribution in [0.3, 0.4) is 0 Å². The first kappa shape index (κ1) is 21.2. The summed E-state index contributed by atoms with van der Waals surface area (Å²) in [5.74, 6) is 0.927. The standard InChI is InChI=1S/C16H22Cl3NO4/c1-10(2)7-8-24-15(16(17,18)19)20-14(21)11-5-6-12(22-3)13(9-11)23-4/h5-6,9-10,15H,7-8H2,1-4H3,(H,20,21). The Morgan fingerprint density at radius 3 is 2.29 bits per heavy atom. The van der Waals surface area contributed by atoms with Gasteiger partial charge in [-0.25, -0.2) is 0 Å². The Kier molecular flexibility index (Phi) is 8.43. The van der Waals surface area contributed by atoms with Gasteiger partial charge in [0.2, 0.25) is 3.79 Å². The molecule has 0 aliphatic heterocycles. The Morgan fingerprint density at radius 2 is 1.79 bits per heavy atom. The predicted molar refractivity (Wildman–Crippen MR) is 96.5 cm³/mol. The molecule has 0 heterocycles. The third-order valence-corrected chi connectivity index (χ3v) is 3.78. The van der Waals surface area contributed by atoms with Gasteiger partial charge in [0.25, 0.3) is 5.91 Å². The zero-order valence-corrected chi connectivity index (χ0v) is 16.3. The highest BCUT2D eigenvalue weighted by molar-refractivity contribution is 6.68. The lowest BCUT2D eigenvalue weighted by Gasteiger charge is -2.26. The van der Waals surface area contributed by atoms with Gasteiger partial charge in [-0.05, 0) is 30.5 Å². The Labute approximate surface area is 157 Å². The van der Waals surface area contributed by atoms with Crippen molar-refractivity contribution < 1.29 is 19.0 Å². The topological polar surface area (TPSA) is 56.8 Å². The number of carbonyl (C=O) groups excluding carboxylic acids is 1. The Morgan fingerprint density at radius 1 is 1.17 bits per heavy atom. The number of alkyl halides is 3. The maximum atomic E-state index is 12.4. The van der Waals surface area contributed by atoms with Crippen molar-refractivity contribution in [1.29, 1.82) is 0 Å². The summed E-state index contributed by atoms with van der Waals surface area (Å²) in [6, 6.07) is 4.75. The minimum Gasteiger partial charge on any atom is -0.493 e. The first-order valence-corrected chi connectivity index (χ1v) is 8.53. The molecule has 0 saturated heterocycles. The van der Waals surface area contributed by atoms with Crippen molar-refractivity contribution in [3.63, 3.8) is 0 Å². The van der Waals surface area contributed by atoms with Gasteiger partial charge in [-0.2, -0.15) is 0 Å². The van der Waals surface area contributed by atoms with Crippen LogP contribution >= 0.6 is 34.8 Å². The van der Waals surface area contributed by atoms with Crippen LogP contribution in [0.25, 0.3) is 0 Å². The van der Waals surface area contributed by atoms with E-state index in [-0.39, 0.29) is 0 Å². The summed E-state index contributed by atoms with van der Waals surface area (Å²) >= 11 is 17.7. The van der Waals surface area contributed by atoms with Gasteiger partial charge < -0.3 is 19.5 Å². The number of nitrogens with one attached hydrogen (secondary N) is 1. The average Bonchev–Trinajstić information content (AvgIpc) is 2.51. The van der Waals surface area contributed by atoms with E-state index in [1.54, 1.807) is 12.1 Å². The van der Waals surface area contributed by atoms with Crippen molar-refractivity contribution in [3.8, 4) is 11.5 Å². The van der Waals surface area contributed by atoms with Crippen LogP contribution in [-0.2, 0) is 4.74 Å². The molecule has 1 amide bonds. The molecule has 0 aromatic heterocycles. The van der Waals surface area contributed by atoms with Crippen LogP contribution in [0, 0.1) is 5.92 Å². The Balaban J connectivity index is 2.84. The van der Waals surface area contributed by atoms with Crippen LogP contribution in [0.5, 0.6) is 11.5 Å². The van der Waals surface area contributed by atoms with Gasteiger partial charge in [0.1, 0.15) is 0 Å². The lowest BCUT2D eigenvalue weighted by Crippen LogP contribution is -2.46. The van der Waals surface area contributed by atoms with Crippen molar-refractivity contribution >= 4 is 40.7 Å². The fourth-order valence-corrected chi connectivity index (χ4v) is 2.17. The summed E-state index contributed by atoms with van der Waals surface area (Å²) in [5, 5.41) is 2.58. The van der Waals surface area contributed by atoms with Crippen LogP contribution in [0.1, 0.15) is 30.6 Å². The van der Waals surface area contributed by atoms with E-state index in [0.29, 0.717) is 29.6 Å². The summed E-state index contributed by atoms with van der Waals surface area (Å²) in [4.78, 5) is 12.4. The van der Waals surface area contributed by atoms with Crippen LogP contribution in [0.2, 0.25) is 0 Å². The number of hydrogen-bond acceptors (Lipinski definition) is 4. The van der Waals surface area contributed by atoms with Gasteiger partial charge >= 0.3 is 0 Å². The van der Waals surface area contributed by atoms with Crippen LogP contribution in [-0.4, -0.2) is 36.8 Å². The summed E-state index contributed by atoms with van der Waals surface area (Å²) in [6.07, 6.45) is -0.287. The molecule has 1 unspecified atom stereocenters. The molecule has 1 rings (SSSR count). The minimum absolute atomic E-state index is 0.333. The number of amides is 1. The number of methoxy groups -OCH3 is 2. The second-order valence-corrected chi connectivity index (χ2v) is 7.89. The van der Waals surface area contributed by atoms with Crippen LogP contribution < -0.4 is 14.8 Å². The molecule has 0 radical (unpaired) electrons. The third-order valence-electron chi connectivity index (χ3n) is 3.18. The zero-order chi connectivity index (χ0) is 18.3. The molecule has 1 N–H and O–H groups in total. The lowest BCUT2D eigenvalue weighted by atomic mass is 10.1. The summed E-state index contributed by atoms with van der Waals surface area (Å²) in [6.45, 7) is 4.47. The van der Waals surface area contributed by atoms with Crippen LogP contribution in [0.4, 0.5) is 0 Å². The minimum atomic E-state index is -1.79. The molecule has 1 aromatic carbocycles. The zero-order valence-electron chi connectivity index (χ0n) is 14.1. The highest BCUT2D eigenvalue weighted by atomic mass is 35.6. The Bertz CT molecular complexity index is 547. The third kappa shape index (κ3) is 6.55. The van der Waals surface area contributed by atoms with E-state index >= 15 is 0 Å². The summed E-state index contributed by atoms with van der Waals surface area (Å²) in [7, 11) is 3.00.